The summed E-state index contributed by atoms with van der Waals surface area (Å²) in [5.74, 6) is -0.0246. The first kappa shape index (κ1) is 15.0. The fourth-order valence-corrected chi connectivity index (χ4v) is 2.49. The molecule has 110 valence electrons. The summed E-state index contributed by atoms with van der Waals surface area (Å²) in [5, 5.41) is 12.1. The van der Waals surface area contributed by atoms with Crippen LogP contribution in [0.1, 0.15) is 31.9 Å². The van der Waals surface area contributed by atoms with Crippen molar-refractivity contribution in [2.24, 2.45) is 0 Å². The first-order valence-electron chi connectivity index (χ1n) is 7.17. The minimum atomic E-state index is -0.570. The lowest BCUT2D eigenvalue weighted by Gasteiger charge is -2.34. The van der Waals surface area contributed by atoms with Gasteiger partial charge in [-0.2, -0.15) is 0 Å². The molecule has 1 amide bonds. The highest BCUT2D eigenvalue weighted by Gasteiger charge is 2.28. The predicted octanol–water partition coefficient (Wildman–Crippen LogP) is 1.32. The highest BCUT2D eigenvalue weighted by molar-refractivity contribution is 5.82. The molecule has 0 saturated heterocycles. The summed E-state index contributed by atoms with van der Waals surface area (Å²) in [7, 11) is 0. The Morgan fingerprint density at radius 3 is 2.70 bits per heavy atom. The second-order valence-corrected chi connectivity index (χ2v) is 6.20. The van der Waals surface area contributed by atoms with Crippen molar-refractivity contribution < 1.29 is 9.90 Å². The Kier molecular flexibility index (Phi) is 4.45. The standard InChI is InChI=1S/C16H24N2O2/c1-12(15(20)17-16(2,3)11-19)18-9-8-13-6-4-5-7-14(13)10-18/h4-7,12,19H,8-11H2,1-3H3,(H,17,20). The van der Waals surface area contributed by atoms with Gasteiger partial charge in [-0.15, -0.1) is 0 Å². The van der Waals surface area contributed by atoms with E-state index >= 15 is 0 Å². The van der Waals surface area contributed by atoms with Gasteiger partial charge in [0, 0.05) is 13.1 Å². The third kappa shape index (κ3) is 3.38. The smallest absolute Gasteiger partial charge is 0.237 e. The molecule has 1 aliphatic rings. The van der Waals surface area contributed by atoms with Crippen LogP contribution in [0.3, 0.4) is 0 Å². The highest BCUT2D eigenvalue weighted by Crippen LogP contribution is 2.20. The quantitative estimate of drug-likeness (QED) is 0.872. The summed E-state index contributed by atoms with van der Waals surface area (Å²) >= 11 is 0. The molecular weight excluding hydrogens is 252 g/mol. The van der Waals surface area contributed by atoms with Crippen molar-refractivity contribution in [3.05, 3.63) is 35.4 Å². The van der Waals surface area contributed by atoms with E-state index in [-0.39, 0.29) is 18.6 Å². The predicted molar refractivity (Wildman–Crippen MR) is 79.3 cm³/mol. The lowest BCUT2D eigenvalue weighted by Crippen LogP contribution is -2.54. The number of aliphatic hydroxyl groups excluding tert-OH is 1. The van der Waals surface area contributed by atoms with Crippen molar-refractivity contribution in [1.82, 2.24) is 10.2 Å². The maximum Gasteiger partial charge on any atom is 0.237 e. The molecule has 4 nitrogen and oxygen atoms in total. The topological polar surface area (TPSA) is 52.6 Å². The third-order valence-electron chi connectivity index (χ3n) is 3.94. The number of fused-ring (bicyclic) bond motifs is 1. The zero-order valence-electron chi connectivity index (χ0n) is 12.5. The number of nitrogens with zero attached hydrogens (tertiary/aromatic N) is 1. The number of benzene rings is 1. The summed E-state index contributed by atoms with van der Waals surface area (Å²) in [5.41, 5.74) is 2.12. The van der Waals surface area contributed by atoms with Crippen LogP contribution in [-0.2, 0) is 17.8 Å². The summed E-state index contributed by atoms with van der Waals surface area (Å²) in [4.78, 5) is 14.5. The molecule has 0 aliphatic carbocycles. The van der Waals surface area contributed by atoms with Crippen LogP contribution >= 0.6 is 0 Å². The Labute approximate surface area is 120 Å². The van der Waals surface area contributed by atoms with Crippen LogP contribution in [0.4, 0.5) is 0 Å². The number of amides is 1. The van der Waals surface area contributed by atoms with E-state index in [9.17, 15) is 9.90 Å². The van der Waals surface area contributed by atoms with E-state index < -0.39 is 5.54 Å². The minimum absolute atomic E-state index is 0.0246. The molecule has 0 aromatic heterocycles. The molecule has 1 heterocycles. The van der Waals surface area contributed by atoms with Crippen LogP contribution in [-0.4, -0.2) is 40.6 Å². The zero-order chi connectivity index (χ0) is 14.8. The first-order chi connectivity index (χ1) is 9.43. The molecule has 0 radical (unpaired) electrons. The Morgan fingerprint density at radius 2 is 2.05 bits per heavy atom. The molecule has 1 aromatic carbocycles. The normalized spacial score (nSPS) is 17.4. The zero-order valence-corrected chi connectivity index (χ0v) is 12.5. The van der Waals surface area contributed by atoms with Crippen molar-refractivity contribution in [3.8, 4) is 0 Å². The summed E-state index contributed by atoms with van der Waals surface area (Å²) in [6.45, 7) is 7.22. The van der Waals surface area contributed by atoms with E-state index in [0.717, 1.165) is 19.5 Å². The van der Waals surface area contributed by atoms with Gasteiger partial charge in [0.1, 0.15) is 0 Å². The Hall–Kier alpha value is -1.39. The molecule has 1 atom stereocenters. The van der Waals surface area contributed by atoms with Crippen molar-refractivity contribution in [1.29, 1.82) is 0 Å². The van der Waals surface area contributed by atoms with Gasteiger partial charge in [0.25, 0.3) is 0 Å². The number of nitrogens with one attached hydrogen (secondary N) is 1. The van der Waals surface area contributed by atoms with E-state index in [1.54, 1.807) is 0 Å². The molecule has 0 fully saturated rings. The number of carbonyl (C=O) groups is 1. The van der Waals surface area contributed by atoms with Gasteiger partial charge in [0.05, 0.1) is 18.2 Å². The summed E-state index contributed by atoms with van der Waals surface area (Å²) < 4.78 is 0. The van der Waals surface area contributed by atoms with E-state index in [2.05, 4.69) is 28.4 Å². The lowest BCUT2D eigenvalue weighted by molar-refractivity contribution is -0.128. The van der Waals surface area contributed by atoms with Crippen molar-refractivity contribution in [2.75, 3.05) is 13.2 Å². The Balaban J connectivity index is 2.01. The number of carbonyl (C=O) groups excluding carboxylic acids is 1. The van der Waals surface area contributed by atoms with Gasteiger partial charge < -0.3 is 10.4 Å². The molecule has 1 aromatic rings. The average molecular weight is 276 g/mol. The molecule has 1 unspecified atom stereocenters. The van der Waals surface area contributed by atoms with Crippen LogP contribution in [0, 0.1) is 0 Å². The fourth-order valence-electron chi connectivity index (χ4n) is 2.49. The maximum absolute atomic E-state index is 12.3. The van der Waals surface area contributed by atoms with Crippen molar-refractivity contribution >= 4 is 5.91 Å². The minimum Gasteiger partial charge on any atom is -0.394 e. The van der Waals surface area contributed by atoms with Gasteiger partial charge >= 0.3 is 0 Å². The molecule has 20 heavy (non-hydrogen) atoms. The second-order valence-electron chi connectivity index (χ2n) is 6.20. The molecule has 2 rings (SSSR count). The second kappa shape index (κ2) is 5.94. The maximum atomic E-state index is 12.3. The van der Waals surface area contributed by atoms with Crippen LogP contribution < -0.4 is 5.32 Å². The molecule has 2 N–H and O–H groups in total. The van der Waals surface area contributed by atoms with Gasteiger partial charge in [-0.05, 0) is 38.3 Å². The van der Waals surface area contributed by atoms with Crippen LogP contribution in [0.15, 0.2) is 24.3 Å². The molecule has 1 aliphatic heterocycles. The van der Waals surface area contributed by atoms with Crippen LogP contribution in [0.5, 0.6) is 0 Å². The molecule has 0 saturated carbocycles. The number of hydrogen-bond acceptors (Lipinski definition) is 3. The molecule has 0 spiro atoms. The van der Waals surface area contributed by atoms with Crippen LogP contribution in [0.2, 0.25) is 0 Å². The van der Waals surface area contributed by atoms with E-state index in [4.69, 9.17) is 0 Å². The van der Waals surface area contributed by atoms with Crippen molar-refractivity contribution in [3.63, 3.8) is 0 Å². The average Bonchev–Trinajstić information content (AvgIpc) is 2.45. The van der Waals surface area contributed by atoms with Gasteiger partial charge in [0.2, 0.25) is 5.91 Å². The van der Waals surface area contributed by atoms with Crippen LogP contribution in [0.25, 0.3) is 0 Å². The fraction of sp³-hybridized carbons (Fsp3) is 0.562. The van der Waals surface area contributed by atoms with Gasteiger partial charge in [-0.25, -0.2) is 0 Å². The molecular formula is C16H24N2O2. The Morgan fingerprint density at radius 1 is 1.40 bits per heavy atom. The first-order valence-corrected chi connectivity index (χ1v) is 7.17. The summed E-state index contributed by atoms with van der Waals surface area (Å²) in [6, 6.07) is 8.21. The lowest BCUT2D eigenvalue weighted by atomic mass is 9.98. The molecule has 0 bridgehead atoms. The van der Waals surface area contributed by atoms with Gasteiger partial charge in [-0.3, -0.25) is 9.69 Å². The van der Waals surface area contributed by atoms with E-state index in [1.807, 2.05) is 26.8 Å². The SMILES string of the molecule is CC(C(=O)NC(C)(C)CO)N1CCc2ccccc2C1. The third-order valence-corrected chi connectivity index (χ3v) is 3.94. The number of hydrogen-bond donors (Lipinski definition) is 2. The highest BCUT2D eigenvalue weighted by atomic mass is 16.3. The monoisotopic (exact) mass is 276 g/mol. The van der Waals surface area contributed by atoms with Gasteiger partial charge in [-0.1, -0.05) is 24.3 Å². The number of aliphatic hydroxyl groups is 1. The molecule has 4 heteroatoms. The largest absolute Gasteiger partial charge is 0.394 e. The number of rotatable bonds is 4. The van der Waals surface area contributed by atoms with E-state index in [0.29, 0.717) is 0 Å². The summed E-state index contributed by atoms with van der Waals surface area (Å²) in [6.07, 6.45) is 0.983. The van der Waals surface area contributed by atoms with E-state index in [1.165, 1.54) is 11.1 Å². The Bertz CT molecular complexity index is 485. The van der Waals surface area contributed by atoms with Gasteiger partial charge in [0.15, 0.2) is 0 Å². The van der Waals surface area contributed by atoms with Crippen molar-refractivity contribution in [2.45, 2.75) is 45.3 Å².